The van der Waals surface area contributed by atoms with Crippen molar-refractivity contribution < 1.29 is 4.52 Å². The minimum Gasteiger partial charge on any atom is -0.361 e. The van der Waals surface area contributed by atoms with E-state index in [1.54, 1.807) is 18.4 Å². The average Bonchev–Trinajstić information content (AvgIpc) is 3.37. The van der Waals surface area contributed by atoms with Crippen molar-refractivity contribution >= 4 is 41.3 Å². The van der Waals surface area contributed by atoms with Gasteiger partial charge in [-0.25, -0.2) is 4.98 Å². The topological polar surface area (TPSA) is 75.3 Å². The van der Waals surface area contributed by atoms with Crippen LogP contribution in [-0.2, 0) is 25.8 Å². The number of aryl methyl sites for hydroxylation is 3. The second-order valence-electron chi connectivity index (χ2n) is 6.85. The Balaban J connectivity index is 0.00000320. The van der Waals surface area contributed by atoms with E-state index < -0.39 is 0 Å². The van der Waals surface area contributed by atoms with Crippen molar-refractivity contribution in [2.45, 2.75) is 46.6 Å². The summed E-state index contributed by atoms with van der Waals surface area (Å²) >= 11 is 1.69. The van der Waals surface area contributed by atoms with Gasteiger partial charge in [0.25, 0.3) is 0 Å². The van der Waals surface area contributed by atoms with Crippen molar-refractivity contribution in [1.82, 2.24) is 20.8 Å². The molecule has 3 rings (SSSR count). The number of hydrogen-bond donors (Lipinski definition) is 2. The molecule has 2 heterocycles. The van der Waals surface area contributed by atoms with Gasteiger partial charge in [-0.2, -0.15) is 0 Å². The Labute approximate surface area is 199 Å². The van der Waals surface area contributed by atoms with Crippen LogP contribution in [0.3, 0.4) is 0 Å². The fourth-order valence-electron chi connectivity index (χ4n) is 3.09. The lowest BCUT2D eigenvalue weighted by Gasteiger charge is -2.11. The number of aliphatic imine (C=N–C) groups is 1. The van der Waals surface area contributed by atoms with E-state index in [0.717, 1.165) is 59.5 Å². The van der Waals surface area contributed by atoms with Crippen LogP contribution in [-0.4, -0.2) is 29.7 Å². The summed E-state index contributed by atoms with van der Waals surface area (Å²) in [7, 11) is 1.78. The molecule has 6 nitrogen and oxygen atoms in total. The van der Waals surface area contributed by atoms with Crippen LogP contribution in [0.15, 0.2) is 39.2 Å². The molecule has 2 aromatic heterocycles. The zero-order chi connectivity index (χ0) is 20.6. The highest BCUT2D eigenvalue weighted by molar-refractivity contribution is 14.0. The van der Waals surface area contributed by atoms with Crippen LogP contribution in [0.25, 0.3) is 10.6 Å². The van der Waals surface area contributed by atoms with Crippen molar-refractivity contribution in [3.8, 4) is 10.6 Å². The van der Waals surface area contributed by atoms with E-state index in [0.29, 0.717) is 6.54 Å². The number of hydrogen-bond acceptors (Lipinski definition) is 5. The smallest absolute Gasteiger partial charge is 0.191 e. The number of nitrogens with zero attached hydrogens (tertiary/aromatic N) is 3. The Morgan fingerprint density at radius 2 is 1.90 bits per heavy atom. The molecule has 0 unspecified atom stereocenters. The Morgan fingerprint density at radius 3 is 2.57 bits per heavy atom. The predicted octanol–water partition coefficient (Wildman–Crippen LogP) is 4.76. The summed E-state index contributed by atoms with van der Waals surface area (Å²) in [5.74, 6) is 1.71. The van der Waals surface area contributed by atoms with Crippen LogP contribution < -0.4 is 10.6 Å². The number of rotatable bonds is 8. The quantitative estimate of drug-likeness (QED) is 0.246. The molecule has 0 aliphatic carbocycles. The minimum atomic E-state index is 0. The minimum absolute atomic E-state index is 0. The van der Waals surface area contributed by atoms with Crippen LogP contribution in [0, 0.1) is 6.92 Å². The van der Waals surface area contributed by atoms with E-state index in [1.165, 1.54) is 11.1 Å². The number of aromatic nitrogens is 2. The third-order valence-corrected chi connectivity index (χ3v) is 5.73. The van der Waals surface area contributed by atoms with Gasteiger partial charge < -0.3 is 15.2 Å². The lowest BCUT2D eigenvalue weighted by molar-refractivity contribution is 0.380. The number of guanidine groups is 1. The van der Waals surface area contributed by atoms with Gasteiger partial charge in [0.1, 0.15) is 10.8 Å². The number of benzene rings is 1. The normalized spacial score (nSPS) is 11.3. The summed E-state index contributed by atoms with van der Waals surface area (Å²) in [5, 5.41) is 14.1. The molecule has 3 aromatic rings. The van der Waals surface area contributed by atoms with E-state index in [9.17, 15) is 0 Å². The highest BCUT2D eigenvalue weighted by Crippen LogP contribution is 2.24. The van der Waals surface area contributed by atoms with Crippen LogP contribution in [0.1, 0.15) is 42.1 Å². The zero-order valence-corrected chi connectivity index (χ0v) is 21.1. The Hall–Kier alpha value is -1.94. The van der Waals surface area contributed by atoms with Crippen LogP contribution in [0.2, 0.25) is 0 Å². The Bertz CT molecular complexity index is 927. The van der Waals surface area contributed by atoms with Gasteiger partial charge >= 0.3 is 0 Å². The van der Waals surface area contributed by atoms with Gasteiger partial charge in [0.2, 0.25) is 0 Å². The first-order valence-corrected chi connectivity index (χ1v) is 10.9. The van der Waals surface area contributed by atoms with Gasteiger partial charge in [-0.3, -0.25) is 4.99 Å². The molecule has 0 spiro atoms. The standard InChI is InChI=1S/C22H29N5OS.HI/c1-5-19-18(20(6-2)28-27-19)13-25-22(23-4)24-12-11-17-14-29-21(26-17)16-9-7-15(3)8-10-16;/h7-10,14H,5-6,11-13H2,1-4H3,(H2,23,24,25);1H. The van der Waals surface area contributed by atoms with Crippen LogP contribution >= 0.6 is 35.3 Å². The van der Waals surface area contributed by atoms with E-state index >= 15 is 0 Å². The van der Waals surface area contributed by atoms with Crippen molar-refractivity contribution in [3.05, 3.63) is 57.9 Å². The third-order valence-electron chi connectivity index (χ3n) is 4.79. The molecule has 0 radical (unpaired) electrons. The summed E-state index contributed by atoms with van der Waals surface area (Å²) < 4.78 is 5.43. The van der Waals surface area contributed by atoms with Gasteiger partial charge in [0, 0.05) is 49.5 Å². The first-order valence-electron chi connectivity index (χ1n) is 10.1. The molecule has 0 bridgehead atoms. The van der Waals surface area contributed by atoms with Gasteiger partial charge in [-0.15, -0.1) is 35.3 Å². The summed E-state index contributed by atoms with van der Waals surface area (Å²) in [6, 6.07) is 8.50. The fraction of sp³-hybridized carbons (Fsp3) is 0.409. The molecule has 0 aliphatic heterocycles. The SMILES string of the molecule is CCc1noc(CC)c1CNC(=NC)NCCc1csc(-c2ccc(C)cc2)n1.I. The fourth-order valence-corrected chi connectivity index (χ4v) is 3.95. The number of thiazole rings is 1. The molecular weight excluding hydrogens is 509 g/mol. The summed E-state index contributed by atoms with van der Waals surface area (Å²) in [6.07, 6.45) is 2.54. The molecule has 162 valence electrons. The van der Waals surface area contributed by atoms with Crippen LogP contribution in [0.5, 0.6) is 0 Å². The van der Waals surface area contributed by atoms with Gasteiger partial charge in [0.15, 0.2) is 5.96 Å². The van der Waals surface area contributed by atoms with Crippen LogP contribution in [0.4, 0.5) is 0 Å². The number of nitrogens with one attached hydrogen (secondary N) is 2. The molecule has 0 saturated heterocycles. The second-order valence-corrected chi connectivity index (χ2v) is 7.71. The first kappa shape index (κ1) is 24.3. The molecule has 1 aromatic carbocycles. The number of halogens is 1. The molecule has 0 amide bonds. The first-order chi connectivity index (χ1) is 14.1. The van der Waals surface area contributed by atoms with Crippen molar-refractivity contribution in [2.75, 3.05) is 13.6 Å². The maximum Gasteiger partial charge on any atom is 0.191 e. The van der Waals surface area contributed by atoms with Gasteiger partial charge in [0.05, 0.1) is 11.4 Å². The van der Waals surface area contributed by atoms with E-state index in [2.05, 4.69) is 71.2 Å². The molecule has 0 fully saturated rings. The lowest BCUT2D eigenvalue weighted by Crippen LogP contribution is -2.38. The maximum atomic E-state index is 5.43. The zero-order valence-electron chi connectivity index (χ0n) is 18.0. The largest absolute Gasteiger partial charge is 0.361 e. The summed E-state index contributed by atoms with van der Waals surface area (Å²) in [6.45, 7) is 7.69. The maximum absolute atomic E-state index is 5.43. The van der Waals surface area contributed by atoms with Gasteiger partial charge in [-0.05, 0) is 13.3 Å². The van der Waals surface area contributed by atoms with Crippen molar-refractivity contribution in [2.24, 2.45) is 4.99 Å². The molecule has 8 heteroatoms. The molecule has 0 atom stereocenters. The molecule has 2 N–H and O–H groups in total. The third kappa shape index (κ3) is 6.28. The summed E-state index contributed by atoms with van der Waals surface area (Å²) in [4.78, 5) is 9.08. The highest BCUT2D eigenvalue weighted by Gasteiger charge is 2.13. The van der Waals surface area contributed by atoms with E-state index in [4.69, 9.17) is 9.51 Å². The average molecular weight is 539 g/mol. The molecule has 30 heavy (non-hydrogen) atoms. The monoisotopic (exact) mass is 539 g/mol. The molecular formula is C22H30IN5OS. The van der Waals surface area contributed by atoms with Gasteiger partial charge in [-0.1, -0.05) is 48.8 Å². The highest BCUT2D eigenvalue weighted by atomic mass is 127. The molecule has 0 aliphatic rings. The Kier molecular flexibility index (Phi) is 9.77. The Morgan fingerprint density at radius 1 is 1.13 bits per heavy atom. The predicted molar refractivity (Wildman–Crippen MR) is 135 cm³/mol. The van der Waals surface area contributed by atoms with E-state index in [-0.39, 0.29) is 24.0 Å². The van der Waals surface area contributed by atoms with Crippen molar-refractivity contribution in [3.63, 3.8) is 0 Å². The van der Waals surface area contributed by atoms with E-state index in [1.807, 2.05) is 0 Å². The van der Waals surface area contributed by atoms with Crippen molar-refractivity contribution in [1.29, 1.82) is 0 Å². The second kappa shape index (κ2) is 12.0. The molecule has 0 saturated carbocycles. The lowest BCUT2D eigenvalue weighted by atomic mass is 10.1. The summed E-state index contributed by atoms with van der Waals surface area (Å²) in [5.41, 5.74) is 5.67.